The molecule has 0 fully saturated rings. The molecule has 92 valence electrons. The van der Waals surface area contributed by atoms with Crippen LogP contribution in [0.5, 0.6) is 0 Å². The number of aliphatic hydroxyl groups is 2. The quantitative estimate of drug-likeness (QED) is 0.687. The minimum Gasteiger partial charge on any atom is -0.387 e. The van der Waals surface area contributed by atoms with E-state index in [4.69, 9.17) is 4.74 Å². The number of para-hydroxylation sites is 1. The number of hydrogen-bond donors (Lipinski definition) is 3. The van der Waals surface area contributed by atoms with Gasteiger partial charge in [0.2, 0.25) is 0 Å². The molecule has 3 N–H and O–H groups in total. The van der Waals surface area contributed by atoms with E-state index in [2.05, 4.69) is 4.98 Å². The summed E-state index contributed by atoms with van der Waals surface area (Å²) in [7, 11) is 0. The molecule has 0 radical (unpaired) electrons. The van der Waals surface area contributed by atoms with E-state index in [1.807, 2.05) is 30.5 Å². The van der Waals surface area contributed by atoms with Gasteiger partial charge in [-0.25, -0.2) is 0 Å². The summed E-state index contributed by atoms with van der Waals surface area (Å²) < 4.78 is 4.96. The van der Waals surface area contributed by atoms with Crippen molar-refractivity contribution in [1.82, 2.24) is 4.98 Å². The number of rotatable bonds is 5. The Hall–Kier alpha value is -1.36. The van der Waals surface area contributed by atoms with Gasteiger partial charge in [0.1, 0.15) is 6.10 Å². The van der Waals surface area contributed by atoms with Gasteiger partial charge in [0.25, 0.3) is 0 Å². The smallest absolute Gasteiger partial charge is 0.181 e. The van der Waals surface area contributed by atoms with Crippen LogP contribution in [-0.2, 0) is 11.2 Å². The van der Waals surface area contributed by atoms with Gasteiger partial charge < -0.3 is 19.9 Å². The third kappa shape index (κ3) is 2.66. The molecule has 2 rings (SSSR count). The molecule has 0 saturated heterocycles. The van der Waals surface area contributed by atoms with Crippen molar-refractivity contribution < 1.29 is 14.9 Å². The molecule has 2 atom stereocenters. The first-order chi connectivity index (χ1) is 8.22. The fourth-order valence-corrected chi connectivity index (χ4v) is 1.91. The maximum absolute atomic E-state index is 9.79. The fraction of sp³-hybridized carbons (Fsp3) is 0.385. The van der Waals surface area contributed by atoms with Crippen LogP contribution < -0.4 is 0 Å². The van der Waals surface area contributed by atoms with Crippen LogP contribution in [0.1, 0.15) is 12.5 Å². The van der Waals surface area contributed by atoms with Gasteiger partial charge in [0.05, 0.1) is 0 Å². The molecule has 4 nitrogen and oxygen atoms in total. The standard InChI is InChI=1S/C13H17NO3/c1-2-17-13(16)12(15)7-9-8-14-11-6-4-3-5-10(9)11/h3-6,8,12-16H,2,7H2,1H3. The second-order valence-electron chi connectivity index (χ2n) is 3.98. The summed E-state index contributed by atoms with van der Waals surface area (Å²) in [6.45, 7) is 2.16. The van der Waals surface area contributed by atoms with E-state index < -0.39 is 12.4 Å². The summed E-state index contributed by atoms with van der Waals surface area (Å²) in [4.78, 5) is 3.13. The molecule has 0 aliphatic rings. The second kappa shape index (κ2) is 5.31. The van der Waals surface area contributed by atoms with Gasteiger partial charge in [-0.15, -0.1) is 0 Å². The van der Waals surface area contributed by atoms with Crippen molar-refractivity contribution in [2.45, 2.75) is 25.7 Å². The van der Waals surface area contributed by atoms with Crippen LogP contribution in [0.4, 0.5) is 0 Å². The molecule has 1 aromatic carbocycles. The first-order valence-corrected chi connectivity index (χ1v) is 5.75. The summed E-state index contributed by atoms with van der Waals surface area (Å²) in [5.41, 5.74) is 2.01. The molecule has 2 unspecified atom stereocenters. The molecule has 17 heavy (non-hydrogen) atoms. The fourth-order valence-electron chi connectivity index (χ4n) is 1.91. The number of aliphatic hydroxyl groups excluding tert-OH is 2. The first kappa shape index (κ1) is 12.1. The van der Waals surface area contributed by atoms with Gasteiger partial charge in [0.15, 0.2) is 6.29 Å². The van der Waals surface area contributed by atoms with E-state index in [1.165, 1.54) is 0 Å². The Balaban J connectivity index is 2.13. The predicted octanol–water partition coefficient (Wildman–Crippen LogP) is 1.43. The molecule has 0 aliphatic carbocycles. The minimum absolute atomic E-state index is 0.366. The highest BCUT2D eigenvalue weighted by Gasteiger charge is 2.18. The van der Waals surface area contributed by atoms with Crippen LogP contribution in [0.2, 0.25) is 0 Å². The van der Waals surface area contributed by atoms with Crippen molar-refractivity contribution in [3.8, 4) is 0 Å². The van der Waals surface area contributed by atoms with Crippen LogP contribution in [-0.4, -0.2) is 34.2 Å². The topological polar surface area (TPSA) is 65.5 Å². The normalized spacial score (nSPS) is 15.0. The number of H-pyrrole nitrogens is 1. The summed E-state index contributed by atoms with van der Waals surface area (Å²) in [6, 6.07) is 7.87. The molecule has 0 aliphatic heterocycles. The lowest BCUT2D eigenvalue weighted by Crippen LogP contribution is -2.30. The van der Waals surface area contributed by atoms with E-state index in [0.717, 1.165) is 16.5 Å². The van der Waals surface area contributed by atoms with Crippen LogP contribution in [0.15, 0.2) is 30.5 Å². The summed E-state index contributed by atoms with van der Waals surface area (Å²) in [5, 5.41) is 20.4. The summed E-state index contributed by atoms with van der Waals surface area (Å²) in [5.74, 6) is 0. The Morgan fingerprint density at radius 3 is 2.82 bits per heavy atom. The molecule has 0 amide bonds. The molecule has 1 aromatic heterocycles. The summed E-state index contributed by atoms with van der Waals surface area (Å²) in [6.07, 6.45) is 0.181. The van der Waals surface area contributed by atoms with E-state index in [9.17, 15) is 10.2 Å². The maximum Gasteiger partial charge on any atom is 0.181 e. The lowest BCUT2D eigenvalue weighted by molar-refractivity contribution is -0.157. The Morgan fingerprint density at radius 1 is 1.29 bits per heavy atom. The lowest BCUT2D eigenvalue weighted by atomic mass is 10.1. The predicted molar refractivity (Wildman–Crippen MR) is 65.6 cm³/mol. The maximum atomic E-state index is 9.79. The van der Waals surface area contributed by atoms with Crippen molar-refractivity contribution in [2.24, 2.45) is 0 Å². The van der Waals surface area contributed by atoms with Crippen LogP contribution in [0.25, 0.3) is 10.9 Å². The second-order valence-corrected chi connectivity index (χ2v) is 3.98. The van der Waals surface area contributed by atoms with Crippen molar-refractivity contribution in [3.63, 3.8) is 0 Å². The molecular formula is C13H17NO3. The van der Waals surface area contributed by atoms with Crippen molar-refractivity contribution in [3.05, 3.63) is 36.0 Å². The van der Waals surface area contributed by atoms with Gasteiger partial charge in [-0.3, -0.25) is 0 Å². The molecule has 0 saturated carbocycles. The van der Waals surface area contributed by atoms with Crippen LogP contribution >= 0.6 is 0 Å². The molecule has 4 heteroatoms. The number of benzene rings is 1. The highest BCUT2D eigenvalue weighted by atomic mass is 16.6. The highest BCUT2D eigenvalue weighted by molar-refractivity contribution is 5.83. The van der Waals surface area contributed by atoms with Crippen LogP contribution in [0, 0.1) is 0 Å². The Morgan fingerprint density at radius 2 is 2.06 bits per heavy atom. The first-order valence-electron chi connectivity index (χ1n) is 5.75. The van der Waals surface area contributed by atoms with E-state index >= 15 is 0 Å². The van der Waals surface area contributed by atoms with Gasteiger partial charge in [-0.05, 0) is 18.6 Å². The molecular weight excluding hydrogens is 218 g/mol. The van der Waals surface area contributed by atoms with Gasteiger partial charge in [0, 0.05) is 30.1 Å². The number of aromatic amines is 1. The zero-order chi connectivity index (χ0) is 12.3. The Bertz CT molecular complexity index is 480. The summed E-state index contributed by atoms with van der Waals surface area (Å²) >= 11 is 0. The molecule has 1 heterocycles. The highest BCUT2D eigenvalue weighted by Crippen LogP contribution is 2.19. The SMILES string of the molecule is CCOC(O)C(O)Cc1c[nH]c2ccccc12. The van der Waals surface area contributed by atoms with Crippen molar-refractivity contribution >= 4 is 10.9 Å². The number of aromatic nitrogens is 1. The molecule has 0 spiro atoms. The lowest BCUT2D eigenvalue weighted by Gasteiger charge is -2.16. The number of fused-ring (bicyclic) bond motifs is 1. The minimum atomic E-state index is -1.13. The van der Waals surface area contributed by atoms with Crippen molar-refractivity contribution in [1.29, 1.82) is 0 Å². The molecule has 2 aromatic rings. The third-order valence-electron chi connectivity index (χ3n) is 2.77. The third-order valence-corrected chi connectivity index (χ3v) is 2.77. The van der Waals surface area contributed by atoms with Gasteiger partial charge in [-0.1, -0.05) is 18.2 Å². The zero-order valence-corrected chi connectivity index (χ0v) is 9.76. The van der Waals surface area contributed by atoms with Crippen molar-refractivity contribution in [2.75, 3.05) is 6.61 Å². The van der Waals surface area contributed by atoms with E-state index in [-0.39, 0.29) is 0 Å². The average molecular weight is 235 g/mol. The average Bonchev–Trinajstić information content (AvgIpc) is 2.73. The Labute approximate surface area is 99.8 Å². The van der Waals surface area contributed by atoms with Crippen LogP contribution in [0.3, 0.4) is 0 Å². The van der Waals surface area contributed by atoms with Gasteiger partial charge in [-0.2, -0.15) is 0 Å². The largest absolute Gasteiger partial charge is 0.387 e. The van der Waals surface area contributed by atoms with E-state index in [1.54, 1.807) is 6.92 Å². The van der Waals surface area contributed by atoms with E-state index in [0.29, 0.717) is 13.0 Å². The monoisotopic (exact) mass is 235 g/mol. The number of ether oxygens (including phenoxy) is 1. The molecule has 0 bridgehead atoms. The Kier molecular flexibility index (Phi) is 3.78. The number of hydrogen-bond acceptors (Lipinski definition) is 3. The number of nitrogens with one attached hydrogen (secondary N) is 1. The zero-order valence-electron chi connectivity index (χ0n) is 9.76. The van der Waals surface area contributed by atoms with Gasteiger partial charge >= 0.3 is 0 Å².